The predicted octanol–water partition coefficient (Wildman–Crippen LogP) is 4.40. The van der Waals surface area contributed by atoms with Gasteiger partial charge in [-0.25, -0.2) is 0 Å². The number of phenolic OH excluding ortho intramolecular Hbond substituents is 1. The van der Waals surface area contributed by atoms with Crippen LogP contribution in [0.15, 0.2) is 24.3 Å². The van der Waals surface area contributed by atoms with E-state index in [-0.39, 0.29) is 0 Å². The quantitative estimate of drug-likeness (QED) is 0.834. The molecule has 2 aliphatic heterocycles. The highest BCUT2D eigenvalue weighted by molar-refractivity contribution is 5.30. The highest BCUT2D eigenvalue weighted by Gasteiger charge is 2.41. The Kier molecular flexibility index (Phi) is 5.33. The summed E-state index contributed by atoms with van der Waals surface area (Å²) in [6.45, 7) is 1.19. The molecule has 1 aromatic carbocycles. The molecule has 2 bridgehead atoms. The molecule has 1 aliphatic carbocycles. The fourth-order valence-corrected chi connectivity index (χ4v) is 5.79. The number of phenols is 1. The first-order valence-electron chi connectivity index (χ1n) is 10.5. The number of hydrogen-bond acceptors (Lipinski definition) is 3. The Morgan fingerprint density at radius 3 is 2.44 bits per heavy atom. The van der Waals surface area contributed by atoms with E-state index in [2.05, 4.69) is 11.0 Å². The average molecular weight is 343 g/mol. The molecule has 0 spiro atoms. The van der Waals surface area contributed by atoms with Gasteiger partial charge in [-0.1, -0.05) is 31.4 Å². The maximum absolute atomic E-state index is 9.79. The lowest BCUT2D eigenvalue weighted by Crippen LogP contribution is -2.45. The Balaban J connectivity index is 1.33. The minimum atomic E-state index is 0.406. The summed E-state index contributed by atoms with van der Waals surface area (Å²) in [7, 11) is 0. The molecule has 1 aromatic rings. The zero-order chi connectivity index (χ0) is 17.2. The third kappa shape index (κ3) is 3.88. The Morgan fingerprint density at radius 1 is 1.04 bits per heavy atom. The summed E-state index contributed by atoms with van der Waals surface area (Å²) >= 11 is 0. The first-order chi connectivity index (χ1) is 12.2. The highest BCUT2D eigenvalue weighted by atomic mass is 16.3. The molecular weight excluding hydrogens is 308 g/mol. The maximum Gasteiger partial charge on any atom is 0.115 e. The number of aromatic hydroxyl groups is 1. The van der Waals surface area contributed by atoms with Crippen molar-refractivity contribution >= 4 is 0 Å². The molecule has 3 N–H and O–H groups in total. The van der Waals surface area contributed by atoms with E-state index in [4.69, 9.17) is 5.73 Å². The van der Waals surface area contributed by atoms with Crippen LogP contribution in [0.3, 0.4) is 0 Å². The standard InChI is InChI=1S/C22H34N2O/c23-22(16-5-2-1-3-6-16)11-12-24-19-9-10-20(24)14-18(13-19)17-7-4-8-21(25)15-17/h4,7-8,15-16,18-20,22,25H,1-3,5-6,9-14,23H2/t18-,19+,20-,22?. The van der Waals surface area contributed by atoms with Crippen molar-refractivity contribution in [2.75, 3.05) is 6.54 Å². The molecule has 1 saturated carbocycles. The van der Waals surface area contributed by atoms with Crippen LogP contribution < -0.4 is 5.73 Å². The summed E-state index contributed by atoms with van der Waals surface area (Å²) in [5.74, 6) is 1.80. The molecule has 4 atom stereocenters. The van der Waals surface area contributed by atoms with Crippen molar-refractivity contribution in [1.29, 1.82) is 0 Å². The Labute approximate surface area is 152 Å². The third-order valence-corrected chi connectivity index (χ3v) is 7.20. The second-order valence-electron chi connectivity index (χ2n) is 8.74. The van der Waals surface area contributed by atoms with Gasteiger partial charge in [-0.3, -0.25) is 4.90 Å². The molecule has 3 aliphatic rings. The Morgan fingerprint density at radius 2 is 1.76 bits per heavy atom. The summed E-state index contributed by atoms with van der Waals surface area (Å²) in [5, 5.41) is 9.79. The van der Waals surface area contributed by atoms with Crippen LogP contribution in [0.5, 0.6) is 5.75 Å². The van der Waals surface area contributed by atoms with Crippen molar-refractivity contribution in [3.63, 3.8) is 0 Å². The Hall–Kier alpha value is -1.06. The average Bonchev–Trinajstić information content (AvgIpc) is 2.87. The predicted molar refractivity (Wildman–Crippen MR) is 103 cm³/mol. The fraction of sp³-hybridized carbons (Fsp3) is 0.727. The van der Waals surface area contributed by atoms with Crippen LogP contribution in [-0.2, 0) is 0 Å². The van der Waals surface area contributed by atoms with Gasteiger partial charge < -0.3 is 10.8 Å². The van der Waals surface area contributed by atoms with Gasteiger partial charge in [0.05, 0.1) is 0 Å². The minimum absolute atomic E-state index is 0.406. The topological polar surface area (TPSA) is 49.5 Å². The largest absolute Gasteiger partial charge is 0.508 e. The molecule has 1 unspecified atom stereocenters. The van der Waals surface area contributed by atoms with Gasteiger partial charge in [-0.2, -0.15) is 0 Å². The van der Waals surface area contributed by atoms with Gasteiger partial charge in [-0.05, 0) is 74.5 Å². The molecule has 0 radical (unpaired) electrons. The van der Waals surface area contributed by atoms with Crippen molar-refractivity contribution < 1.29 is 5.11 Å². The second kappa shape index (κ2) is 7.67. The number of rotatable bonds is 5. The van der Waals surface area contributed by atoms with Gasteiger partial charge in [-0.15, -0.1) is 0 Å². The summed E-state index contributed by atoms with van der Waals surface area (Å²) in [6, 6.07) is 9.79. The van der Waals surface area contributed by atoms with Crippen molar-refractivity contribution in [2.24, 2.45) is 11.7 Å². The van der Waals surface area contributed by atoms with Gasteiger partial charge in [0.15, 0.2) is 0 Å². The molecule has 0 aromatic heterocycles. The number of piperidine rings is 1. The molecule has 4 rings (SSSR count). The summed E-state index contributed by atoms with van der Waals surface area (Å²) in [4.78, 5) is 2.78. The van der Waals surface area contributed by atoms with Crippen molar-refractivity contribution in [3.8, 4) is 5.75 Å². The smallest absolute Gasteiger partial charge is 0.115 e. The third-order valence-electron chi connectivity index (χ3n) is 7.20. The van der Waals surface area contributed by atoms with E-state index < -0.39 is 0 Å². The molecule has 3 fully saturated rings. The van der Waals surface area contributed by atoms with Crippen LogP contribution in [0.4, 0.5) is 0 Å². The van der Waals surface area contributed by atoms with E-state index in [1.165, 1.54) is 76.3 Å². The monoisotopic (exact) mass is 342 g/mol. The van der Waals surface area contributed by atoms with Crippen molar-refractivity contribution in [1.82, 2.24) is 4.90 Å². The highest BCUT2D eigenvalue weighted by Crippen LogP contribution is 2.43. The number of fused-ring (bicyclic) bond motifs is 2. The lowest BCUT2D eigenvalue weighted by molar-refractivity contribution is 0.117. The van der Waals surface area contributed by atoms with Crippen LogP contribution in [0, 0.1) is 5.92 Å². The summed E-state index contributed by atoms with van der Waals surface area (Å²) < 4.78 is 0. The molecule has 25 heavy (non-hydrogen) atoms. The number of hydrogen-bond donors (Lipinski definition) is 2. The van der Waals surface area contributed by atoms with Crippen molar-refractivity contribution in [3.05, 3.63) is 29.8 Å². The lowest BCUT2D eigenvalue weighted by atomic mass is 9.82. The molecule has 138 valence electrons. The molecule has 3 heteroatoms. The van der Waals surface area contributed by atoms with E-state index in [1.807, 2.05) is 12.1 Å². The summed E-state index contributed by atoms with van der Waals surface area (Å²) in [5.41, 5.74) is 7.89. The van der Waals surface area contributed by atoms with Gasteiger partial charge in [0.2, 0.25) is 0 Å². The number of benzene rings is 1. The van der Waals surface area contributed by atoms with E-state index in [1.54, 1.807) is 6.07 Å². The first kappa shape index (κ1) is 17.4. The number of nitrogens with two attached hydrogens (primary N) is 1. The SMILES string of the molecule is NC(CCN1[C@@H]2CC[C@H]1C[C@@H](c1cccc(O)c1)C2)C1CCCCC1. The van der Waals surface area contributed by atoms with E-state index in [0.717, 1.165) is 18.0 Å². The Bertz CT molecular complexity index is 555. The normalized spacial score (nSPS) is 32.0. The molecule has 2 saturated heterocycles. The summed E-state index contributed by atoms with van der Waals surface area (Å²) in [6.07, 6.45) is 13.3. The minimum Gasteiger partial charge on any atom is -0.508 e. The van der Waals surface area contributed by atoms with Gasteiger partial charge >= 0.3 is 0 Å². The van der Waals surface area contributed by atoms with Crippen LogP contribution in [0.25, 0.3) is 0 Å². The van der Waals surface area contributed by atoms with E-state index in [0.29, 0.717) is 17.7 Å². The zero-order valence-corrected chi connectivity index (χ0v) is 15.4. The molecule has 2 heterocycles. The van der Waals surface area contributed by atoms with E-state index >= 15 is 0 Å². The molecular formula is C22H34N2O. The zero-order valence-electron chi connectivity index (χ0n) is 15.4. The number of nitrogens with zero attached hydrogens (tertiary/aromatic N) is 1. The van der Waals surface area contributed by atoms with Crippen LogP contribution in [-0.4, -0.2) is 34.7 Å². The maximum atomic E-state index is 9.79. The van der Waals surface area contributed by atoms with Crippen LogP contribution >= 0.6 is 0 Å². The van der Waals surface area contributed by atoms with Gasteiger partial charge in [0, 0.05) is 24.7 Å². The van der Waals surface area contributed by atoms with Gasteiger partial charge in [0.1, 0.15) is 5.75 Å². The van der Waals surface area contributed by atoms with Crippen molar-refractivity contribution in [2.45, 2.75) is 88.3 Å². The van der Waals surface area contributed by atoms with Crippen LogP contribution in [0.2, 0.25) is 0 Å². The molecule has 3 nitrogen and oxygen atoms in total. The fourth-order valence-electron chi connectivity index (χ4n) is 5.79. The second-order valence-corrected chi connectivity index (χ2v) is 8.74. The lowest BCUT2D eigenvalue weighted by Gasteiger charge is -2.40. The first-order valence-corrected chi connectivity index (χ1v) is 10.5. The van der Waals surface area contributed by atoms with E-state index in [9.17, 15) is 5.11 Å². The molecule has 0 amide bonds. The van der Waals surface area contributed by atoms with Gasteiger partial charge in [0.25, 0.3) is 0 Å². The van der Waals surface area contributed by atoms with Crippen LogP contribution in [0.1, 0.15) is 75.7 Å².